The van der Waals surface area contributed by atoms with Crippen LogP contribution in [0.25, 0.3) is 17.9 Å². The summed E-state index contributed by atoms with van der Waals surface area (Å²) < 4.78 is 56.2. The van der Waals surface area contributed by atoms with E-state index in [9.17, 15) is 86.2 Å². The number of hydrogen-bond acceptors (Lipinski definition) is 26. The highest BCUT2D eigenvalue weighted by Crippen LogP contribution is 2.41. The highest BCUT2D eigenvalue weighted by atomic mass is 16.8. The van der Waals surface area contributed by atoms with E-state index in [-0.39, 0.29) is 45.5 Å². The van der Waals surface area contributed by atoms with Crippen LogP contribution in [0.3, 0.4) is 0 Å². The average Bonchev–Trinajstić information content (AvgIpc) is 3.43. The Labute approximate surface area is 446 Å². The highest BCUT2D eigenvalue weighted by Gasteiger charge is 2.53. The number of aliphatic hydroxyl groups is 12. The fourth-order valence-electron chi connectivity index (χ4n) is 8.63. The summed E-state index contributed by atoms with van der Waals surface area (Å²) in [5.41, 5.74) is 0.702. The number of carbonyl (C=O) groups excluding carboxylic acids is 2. The molecule has 16 N–H and O–H groups in total. The second-order valence-corrected chi connectivity index (χ2v) is 18.4. The topological polar surface area (TPSA) is 433 Å². The van der Waals surface area contributed by atoms with Gasteiger partial charge in [0.1, 0.15) is 91.9 Å². The standard InChI is InChI=1S/C52H56O27/c1-70-33-13-22(3-8-28(33)57)5-11-39(61)71-19-36-41(63)44(66)47(69)51(77-36)79-49-45(67)42(64)37(20-72-38(60)10-4-21-2-7-26(55)29(58)12-21)78-52(49)75-34-17-25-31(73-48(34)23-6-9-27(56)30(59)14-23)15-24(54)16-32(25)74-50-46(68)43(65)40(62)35(18-53)76-50/h2-17,31,35-37,40-47,49-59,62-69H,18-20H2,1H3/p+1/b10-4+,11-5+/t31?,35-,36-,37-,40-,41-,42-,43+,44+,45+,46-,47-,49-,50-,51+,52-/m1/s1. The maximum absolute atomic E-state index is 13.0. The third kappa shape index (κ3) is 13.0. The smallest absolute Gasteiger partial charge is 0.330 e. The molecular formula is C52H57O27+. The van der Waals surface area contributed by atoms with E-state index in [1.54, 1.807) is 0 Å². The highest BCUT2D eigenvalue weighted by molar-refractivity contribution is 5.87. The molecule has 1 aliphatic carbocycles. The van der Waals surface area contributed by atoms with E-state index in [4.69, 9.17) is 42.6 Å². The Balaban J connectivity index is 1.10. The molecule has 0 bridgehead atoms. The molecule has 27 heteroatoms. The number of aliphatic hydroxyl groups excluding tert-OH is 10. The lowest BCUT2D eigenvalue weighted by atomic mass is 9.95. The minimum Gasteiger partial charge on any atom is -0.571 e. The lowest BCUT2D eigenvalue weighted by Crippen LogP contribution is -2.64. The van der Waals surface area contributed by atoms with Crippen LogP contribution in [0.1, 0.15) is 16.7 Å². The van der Waals surface area contributed by atoms with Gasteiger partial charge in [0.2, 0.25) is 24.4 Å². The SMILES string of the molecule is COc1cc(/C=C/C(=O)OC[C@H]2O[C@@H](O[C@H]3[C@H](OC4=C(c5ccc(O)c(O)c5)[OH+]C5C=C(O)C=C(O[C@@H]6O[C@H](CO)[C@@H](O)[C@H](O)[C@H]6O)C5=C4)O[C@H](COC(=O)/C=C/c4ccc(O)c(O)c4)[C@@H](O)[C@@H]3O)[C@H](O)[C@@H](O)[C@@H]2O)ccc1O. The molecule has 0 saturated carbocycles. The number of rotatable bonds is 17. The number of phenols is 5. The molecule has 3 fully saturated rings. The molecule has 426 valence electrons. The van der Waals surface area contributed by atoms with Crippen LogP contribution in [0, 0.1) is 0 Å². The van der Waals surface area contributed by atoms with Crippen molar-refractivity contribution < 1.29 is 134 Å². The van der Waals surface area contributed by atoms with Gasteiger partial charge >= 0.3 is 17.7 Å². The Morgan fingerprint density at radius 1 is 0.582 bits per heavy atom. The van der Waals surface area contributed by atoms with Gasteiger partial charge in [0.15, 0.2) is 46.9 Å². The molecular weight excluding hydrogens is 1060 g/mol. The number of ether oxygens (including phenoxy) is 10. The molecule has 3 aromatic carbocycles. The van der Waals surface area contributed by atoms with Crippen LogP contribution >= 0.6 is 0 Å². The van der Waals surface area contributed by atoms with Gasteiger partial charge in [-0.1, -0.05) is 12.1 Å². The van der Waals surface area contributed by atoms with Crippen LogP contribution in [0.2, 0.25) is 0 Å². The number of phenolic OH excluding ortho intramolecular Hbond substituents is 5. The molecule has 0 amide bonds. The second-order valence-electron chi connectivity index (χ2n) is 18.4. The Bertz CT molecular complexity index is 2890. The lowest BCUT2D eigenvalue weighted by Gasteiger charge is -2.46. The van der Waals surface area contributed by atoms with Crippen LogP contribution in [0.15, 0.2) is 108 Å². The van der Waals surface area contributed by atoms with Gasteiger partial charge in [0, 0.05) is 30.4 Å². The fraction of sp³-hybridized carbons (Fsp3) is 0.385. The zero-order chi connectivity index (χ0) is 57.0. The van der Waals surface area contributed by atoms with Crippen molar-refractivity contribution in [2.75, 3.05) is 26.9 Å². The number of esters is 2. The van der Waals surface area contributed by atoms with Crippen molar-refractivity contribution in [3.8, 4) is 34.5 Å². The number of carbonyl (C=O) groups is 2. The van der Waals surface area contributed by atoms with Gasteiger partial charge in [-0.2, -0.15) is 0 Å². The first kappa shape index (κ1) is 57.7. The summed E-state index contributed by atoms with van der Waals surface area (Å²) >= 11 is 0. The zero-order valence-corrected chi connectivity index (χ0v) is 41.2. The third-order valence-corrected chi connectivity index (χ3v) is 13.0. The van der Waals surface area contributed by atoms with Gasteiger partial charge in [-0.3, -0.25) is 0 Å². The number of benzene rings is 3. The van der Waals surface area contributed by atoms with Gasteiger partial charge in [-0.25, -0.2) is 9.59 Å². The first-order valence-electron chi connectivity index (χ1n) is 24.1. The monoisotopic (exact) mass is 1110 g/mol. The van der Waals surface area contributed by atoms with Crippen molar-refractivity contribution in [1.82, 2.24) is 0 Å². The predicted molar refractivity (Wildman–Crippen MR) is 262 cm³/mol. The van der Waals surface area contributed by atoms with Gasteiger partial charge in [0.25, 0.3) is 0 Å². The molecule has 0 aromatic heterocycles. The number of fused-ring (bicyclic) bond motifs is 1. The molecule has 79 heavy (non-hydrogen) atoms. The second kappa shape index (κ2) is 24.7. The predicted octanol–water partition coefficient (Wildman–Crippen LogP) is -1.95. The Hall–Kier alpha value is -7.48. The van der Waals surface area contributed by atoms with E-state index >= 15 is 0 Å². The molecule has 0 radical (unpaired) electrons. The van der Waals surface area contributed by atoms with Crippen molar-refractivity contribution in [3.05, 3.63) is 125 Å². The molecule has 4 heterocycles. The Morgan fingerprint density at radius 2 is 1.13 bits per heavy atom. The lowest BCUT2D eigenvalue weighted by molar-refractivity contribution is -0.363. The molecule has 0 spiro atoms. The minimum atomic E-state index is -2.17. The van der Waals surface area contributed by atoms with Crippen LogP contribution < -0.4 is 4.74 Å². The average molecular weight is 1110 g/mol. The molecule has 3 saturated heterocycles. The Morgan fingerprint density at radius 3 is 1.73 bits per heavy atom. The molecule has 3 aromatic rings. The molecule has 8 rings (SSSR count). The Kier molecular flexibility index (Phi) is 18.0. The fourth-order valence-corrected chi connectivity index (χ4v) is 8.63. The summed E-state index contributed by atoms with van der Waals surface area (Å²) in [5.74, 6) is -5.47. The van der Waals surface area contributed by atoms with Gasteiger partial charge in [-0.15, -0.1) is 0 Å². The molecule has 4 aliphatic heterocycles. The van der Waals surface area contributed by atoms with Crippen LogP contribution in [-0.4, -0.2) is 218 Å². The van der Waals surface area contributed by atoms with Crippen LogP contribution in [0.4, 0.5) is 0 Å². The minimum absolute atomic E-state index is 0.00255. The van der Waals surface area contributed by atoms with Crippen molar-refractivity contribution >= 4 is 29.8 Å². The van der Waals surface area contributed by atoms with Crippen molar-refractivity contribution in [2.24, 2.45) is 0 Å². The summed E-state index contributed by atoms with van der Waals surface area (Å²) in [4.78, 5) is 25.8. The number of hydrogen-bond donors (Lipinski definition) is 15. The summed E-state index contributed by atoms with van der Waals surface area (Å²) in [6, 6.07) is 11.4. The van der Waals surface area contributed by atoms with E-state index < -0.39 is 159 Å². The van der Waals surface area contributed by atoms with Gasteiger partial charge in [0.05, 0.1) is 30.9 Å². The zero-order valence-electron chi connectivity index (χ0n) is 41.2. The van der Waals surface area contributed by atoms with Gasteiger partial charge in [-0.05, 0) is 59.7 Å². The van der Waals surface area contributed by atoms with E-state index in [1.165, 1.54) is 67.8 Å². The van der Waals surface area contributed by atoms with E-state index in [2.05, 4.69) is 4.74 Å². The maximum atomic E-state index is 13.0. The number of aromatic hydroxyl groups is 5. The van der Waals surface area contributed by atoms with E-state index in [0.717, 1.165) is 36.4 Å². The largest absolute Gasteiger partial charge is 0.571 e. The van der Waals surface area contributed by atoms with Crippen LogP contribution in [0.5, 0.6) is 34.5 Å². The van der Waals surface area contributed by atoms with Crippen LogP contribution in [-0.2, 0) is 47.5 Å². The van der Waals surface area contributed by atoms with Crippen molar-refractivity contribution in [3.63, 3.8) is 0 Å². The third-order valence-electron chi connectivity index (χ3n) is 13.0. The first-order chi connectivity index (χ1) is 37.6. The van der Waals surface area contributed by atoms with Crippen molar-refractivity contribution in [1.29, 1.82) is 0 Å². The normalized spacial score (nSPS) is 31.8. The molecule has 1 unspecified atom stereocenters. The number of allylic oxidation sites excluding steroid dienone is 2. The van der Waals surface area contributed by atoms with Gasteiger partial charge < -0.3 is 124 Å². The quantitative estimate of drug-likeness (QED) is 0.0302. The molecule has 16 atom stereocenters. The summed E-state index contributed by atoms with van der Waals surface area (Å²) in [5, 5.41) is 159. The summed E-state index contributed by atoms with van der Waals surface area (Å²) in [7, 11) is 1.32. The maximum Gasteiger partial charge on any atom is 0.330 e. The number of methoxy groups -OCH3 is 1. The van der Waals surface area contributed by atoms with Crippen molar-refractivity contribution in [2.45, 2.75) is 98.2 Å². The first-order valence-corrected chi connectivity index (χ1v) is 24.1. The van der Waals surface area contributed by atoms with E-state index in [1.807, 2.05) is 0 Å². The van der Waals surface area contributed by atoms with E-state index in [0.29, 0.717) is 5.56 Å². The molecule has 27 nitrogen and oxygen atoms in total. The molecule has 5 aliphatic rings. The summed E-state index contributed by atoms with van der Waals surface area (Å²) in [6.45, 7) is -2.41. The summed E-state index contributed by atoms with van der Waals surface area (Å²) in [6.07, 6.45) is -21.9.